The minimum Gasteiger partial charge on any atom is -0.464 e. The van der Waals surface area contributed by atoms with E-state index in [0.29, 0.717) is 11.9 Å². The number of likely N-dealkylation sites (N-methyl/N-ethyl adjacent to an activating group) is 1. The van der Waals surface area contributed by atoms with Crippen LogP contribution in [0.2, 0.25) is 0 Å². The van der Waals surface area contributed by atoms with Crippen LogP contribution >= 0.6 is 18.0 Å². The summed E-state index contributed by atoms with van der Waals surface area (Å²) in [5.41, 5.74) is -1.10. The quantitative estimate of drug-likeness (QED) is 0.257. The molecule has 0 aromatic carbocycles. The highest BCUT2D eigenvalue weighted by Gasteiger charge is 2.35. The molecule has 0 bridgehead atoms. The van der Waals surface area contributed by atoms with E-state index in [9.17, 15) is 9.36 Å². The summed E-state index contributed by atoms with van der Waals surface area (Å²) in [6.07, 6.45) is 1.27. The maximum Gasteiger partial charge on any atom is 0.311 e. The summed E-state index contributed by atoms with van der Waals surface area (Å²) in [4.78, 5) is 17.4. The van der Waals surface area contributed by atoms with Gasteiger partial charge in [-0.05, 0) is 60.0 Å². The Kier molecular flexibility index (Phi) is 10.4. The van der Waals surface area contributed by atoms with Gasteiger partial charge in [-0.2, -0.15) is 0 Å². The highest BCUT2D eigenvalue weighted by atomic mass is 32.7. The van der Waals surface area contributed by atoms with Gasteiger partial charge < -0.3 is 19.1 Å². The van der Waals surface area contributed by atoms with Gasteiger partial charge in [0, 0.05) is 38.1 Å². The Balaban J connectivity index is 2.47. The number of esters is 1. The van der Waals surface area contributed by atoms with Crippen molar-refractivity contribution in [3.05, 3.63) is 0 Å². The molecular formula is C22H45N2O4PS. The molecule has 0 N–H and O–H groups in total. The number of piperazine rings is 1. The lowest BCUT2D eigenvalue weighted by Gasteiger charge is -2.34. The highest BCUT2D eigenvalue weighted by Crippen LogP contribution is 2.64. The van der Waals surface area contributed by atoms with E-state index in [4.69, 9.17) is 9.26 Å². The van der Waals surface area contributed by atoms with Crippen LogP contribution < -0.4 is 0 Å². The second-order valence-electron chi connectivity index (χ2n) is 11.3. The Morgan fingerprint density at radius 1 is 1.00 bits per heavy atom. The summed E-state index contributed by atoms with van der Waals surface area (Å²) in [5, 5.41) is 0. The molecule has 0 radical (unpaired) electrons. The summed E-state index contributed by atoms with van der Waals surface area (Å²) in [6.45, 7) is 18.4. The SMILES string of the molecule is CN1CCN(CCC(C)(C)C(=O)OCCSP(=O)(CC(C)(C)C)OC(C)(C)C)CC1. The molecule has 1 rings (SSSR count). The first kappa shape index (κ1) is 28.0. The van der Waals surface area contributed by atoms with Gasteiger partial charge in [0.25, 0.3) is 6.57 Å². The fraction of sp³-hybridized carbons (Fsp3) is 0.955. The predicted molar refractivity (Wildman–Crippen MR) is 129 cm³/mol. The molecule has 8 heteroatoms. The van der Waals surface area contributed by atoms with Crippen LogP contribution in [-0.4, -0.2) is 79.7 Å². The number of rotatable bonds is 10. The van der Waals surface area contributed by atoms with Crippen LogP contribution in [0.3, 0.4) is 0 Å². The first-order chi connectivity index (χ1) is 13.5. The Bertz CT molecular complexity index is 571. The van der Waals surface area contributed by atoms with Gasteiger partial charge in [-0.25, -0.2) is 0 Å². The minimum atomic E-state index is -2.88. The van der Waals surface area contributed by atoms with Crippen molar-refractivity contribution in [3.8, 4) is 0 Å². The van der Waals surface area contributed by atoms with Crippen LogP contribution in [-0.2, 0) is 18.6 Å². The standard InChI is InChI=1S/C22H45N2O4PS/c1-20(2,3)18-29(26,28-21(4,5)6)30-17-16-27-19(25)22(7,8)10-11-24-14-12-23(9)13-15-24/h10-18H2,1-9H3. The number of hydrogen-bond donors (Lipinski definition) is 0. The molecule has 0 saturated carbocycles. The molecule has 1 aliphatic heterocycles. The minimum absolute atomic E-state index is 0.101. The van der Waals surface area contributed by atoms with E-state index >= 15 is 0 Å². The molecule has 1 heterocycles. The molecule has 6 nitrogen and oxygen atoms in total. The third-order valence-electron chi connectivity index (χ3n) is 4.89. The fourth-order valence-corrected chi connectivity index (χ4v) is 9.18. The molecule has 1 fully saturated rings. The average Bonchev–Trinajstić information content (AvgIpc) is 2.54. The number of ether oxygens (including phenoxy) is 1. The Hall–Kier alpha value is -0.0700. The van der Waals surface area contributed by atoms with Crippen LogP contribution in [0.1, 0.15) is 61.8 Å². The first-order valence-corrected chi connectivity index (χ1v) is 14.4. The highest BCUT2D eigenvalue weighted by molar-refractivity contribution is 8.56. The predicted octanol–water partition coefficient (Wildman–Crippen LogP) is 4.98. The van der Waals surface area contributed by atoms with Crippen LogP contribution in [0.25, 0.3) is 0 Å². The van der Waals surface area contributed by atoms with Crippen molar-refractivity contribution in [1.82, 2.24) is 9.80 Å². The number of carbonyl (C=O) groups excluding carboxylic acids is 1. The second-order valence-corrected chi connectivity index (χ2v) is 16.1. The van der Waals surface area contributed by atoms with Crippen molar-refractivity contribution in [2.45, 2.75) is 67.4 Å². The number of carbonyl (C=O) groups is 1. The Labute approximate surface area is 189 Å². The lowest BCUT2D eigenvalue weighted by atomic mass is 9.89. The largest absolute Gasteiger partial charge is 0.464 e. The summed E-state index contributed by atoms with van der Waals surface area (Å²) >= 11 is 1.31. The summed E-state index contributed by atoms with van der Waals surface area (Å²) in [6, 6.07) is 0. The van der Waals surface area contributed by atoms with E-state index in [0.717, 1.165) is 39.1 Å². The maximum absolute atomic E-state index is 13.4. The van der Waals surface area contributed by atoms with E-state index in [1.54, 1.807) is 0 Å². The smallest absolute Gasteiger partial charge is 0.311 e. The second kappa shape index (κ2) is 11.2. The van der Waals surface area contributed by atoms with Gasteiger partial charge in [0.05, 0.1) is 11.0 Å². The molecule has 1 saturated heterocycles. The lowest BCUT2D eigenvalue weighted by molar-refractivity contribution is -0.153. The van der Waals surface area contributed by atoms with Gasteiger partial charge in [0.2, 0.25) is 0 Å². The number of hydrogen-bond acceptors (Lipinski definition) is 7. The van der Waals surface area contributed by atoms with Gasteiger partial charge in [-0.3, -0.25) is 9.36 Å². The van der Waals surface area contributed by atoms with Crippen molar-refractivity contribution in [1.29, 1.82) is 0 Å². The van der Waals surface area contributed by atoms with Crippen molar-refractivity contribution >= 4 is 23.9 Å². The topological polar surface area (TPSA) is 59.1 Å². The van der Waals surface area contributed by atoms with Gasteiger partial charge in [-0.1, -0.05) is 32.2 Å². The molecule has 178 valence electrons. The van der Waals surface area contributed by atoms with Crippen LogP contribution in [0.4, 0.5) is 0 Å². The molecule has 1 aliphatic rings. The Morgan fingerprint density at radius 2 is 1.57 bits per heavy atom. The summed E-state index contributed by atoms with van der Waals surface area (Å²) in [5.74, 6) is 0.295. The molecule has 1 atom stereocenters. The van der Waals surface area contributed by atoms with Crippen molar-refractivity contribution in [2.75, 3.05) is 58.3 Å². The molecule has 0 amide bonds. The zero-order chi connectivity index (χ0) is 23.2. The van der Waals surface area contributed by atoms with Crippen molar-refractivity contribution in [2.24, 2.45) is 10.8 Å². The normalized spacial score (nSPS) is 19.5. The van der Waals surface area contributed by atoms with Crippen molar-refractivity contribution in [3.63, 3.8) is 0 Å². The van der Waals surface area contributed by atoms with Crippen LogP contribution in [0.15, 0.2) is 0 Å². The molecular weight excluding hydrogens is 419 g/mol. The van der Waals surface area contributed by atoms with Crippen LogP contribution in [0.5, 0.6) is 0 Å². The van der Waals surface area contributed by atoms with E-state index in [1.807, 2.05) is 34.6 Å². The maximum atomic E-state index is 13.4. The zero-order valence-corrected chi connectivity index (χ0v) is 22.5. The monoisotopic (exact) mass is 464 g/mol. The van der Waals surface area contributed by atoms with Crippen LogP contribution in [0, 0.1) is 10.8 Å². The molecule has 30 heavy (non-hydrogen) atoms. The van der Waals surface area contributed by atoms with Crippen molar-refractivity contribution < 1.29 is 18.6 Å². The van der Waals surface area contributed by atoms with E-state index < -0.39 is 17.6 Å². The first-order valence-electron chi connectivity index (χ1n) is 11.0. The van der Waals surface area contributed by atoms with Gasteiger partial charge in [-0.15, -0.1) is 0 Å². The average molecular weight is 465 g/mol. The summed E-state index contributed by atoms with van der Waals surface area (Å²) < 4.78 is 24.9. The fourth-order valence-electron chi connectivity index (χ4n) is 3.22. The van der Waals surface area contributed by atoms with E-state index in [-0.39, 0.29) is 18.0 Å². The molecule has 0 spiro atoms. The van der Waals surface area contributed by atoms with Gasteiger partial charge in [0.1, 0.15) is 6.61 Å². The molecule has 1 unspecified atom stereocenters. The Morgan fingerprint density at radius 3 is 2.07 bits per heavy atom. The van der Waals surface area contributed by atoms with E-state index in [2.05, 4.69) is 37.6 Å². The number of nitrogens with zero attached hydrogens (tertiary/aromatic N) is 2. The van der Waals surface area contributed by atoms with E-state index in [1.165, 1.54) is 11.4 Å². The third-order valence-corrected chi connectivity index (χ3v) is 10.1. The van der Waals surface area contributed by atoms with Gasteiger partial charge in [0.15, 0.2) is 0 Å². The molecule has 0 aromatic rings. The lowest BCUT2D eigenvalue weighted by Crippen LogP contribution is -2.45. The summed E-state index contributed by atoms with van der Waals surface area (Å²) in [7, 11) is 2.14. The zero-order valence-electron chi connectivity index (χ0n) is 20.7. The third kappa shape index (κ3) is 11.5. The van der Waals surface area contributed by atoms with Gasteiger partial charge >= 0.3 is 5.97 Å². The molecule has 0 aromatic heterocycles. The molecule has 0 aliphatic carbocycles.